The molecule has 1 atom stereocenters. The Hall–Kier alpha value is -4.33. The average molecular weight is 516 g/mol. The number of phenols is 2. The van der Waals surface area contributed by atoms with Crippen molar-refractivity contribution in [3.05, 3.63) is 75.8 Å². The molecule has 0 amide bonds. The molecule has 0 bridgehead atoms. The fourth-order valence-corrected chi connectivity index (χ4v) is 5.08. The molecule has 8 nitrogen and oxygen atoms in total. The molecule has 0 radical (unpaired) electrons. The first-order chi connectivity index (χ1) is 17.6. The standard InChI is InChI=1S/C30H29NO7/c1-28(2,3)25(34)15-8-10-17-22(21(15)26(35)29(4,5)6)27(36)38-30(17)16-9-7-14(32)13-20(16)37-24-18(30)11-12-19(33)23(24)31/h7-13,32-33H,31H2,1-6H3. The molecule has 2 heterocycles. The van der Waals surface area contributed by atoms with Gasteiger partial charge in [0.15, 0.2) is 22.9 Å². The van der Waals surface area contributed by atoms with Gasteiger partial charge in [0, 0.05) is 39.2 Å². The van der Waals surface area contributed by atoms with Crippen molar-refractivity contribution in [2.75, 3.05) is 5.73 Å². The number of benzene rings is 3. The van der Waals surface area contributed by atoms with E-state index < -0.39 is 22.4 Å². The zero-order valence-corrected chi connectivity index (χ0v) is 22.1. The Morgan fingerprint density at radius 3 is 2.08 bits per heavy atom. The Bertz CT molecular complexity index is 1570. The monoisotopic (exact) mass is 515 g/mol. The van der Waals surface area contributed by atoms with Crippen LogP contribution in [-0.4, -0.2) is 27.7 Å². The van der Waals surface area contributed by atoms with Gasteiger partial charge in [-0.2, -0.15) is 0 Å². The number of esters is 1. The van der Waals surface area contributed by atoms with E-state index in [0.29, 0.717) is 16.7 Å². The first kappa shape index (κ1) is 25.3. The van der Waals surface area contributed by atoms with E-state index in [4.69, 9.17) is 15.2 Å². The fourth-order valence-electron chi connectivity index (χ4n) is 5.08. The van der Waals surface area contributed by atoms with E-state index in [-0.39, 0.29) is 56.9 Å². The predicted molar refractivity (Wildman–Crippen MR) is 140 cm³/mol. The molecule has 0 saturated carbocycles. The number of rotatable bonds is 2. The van der Waals surface area contributed by atoms with Crippen LogP contribution in [0.2, 0.25) is 0 Å². The lowest BCUT2D eigenvalue weighted by molar-refractivity contribution is 0.0223. The summed E-state index contributed by atoms with van der Waals surface area (Å²) in [5.41, 5.74) is 3.98. The van der Waals surface area contributed by atoms with Crippen LogP contribution in [0.15, 0.2) is 42.5 Å². The number of nitrogen functional groups attached to an aromatic ring is 1. The van der Waals surface area contributed by atoms with Crippen LogP contribution in [0.1, 0.15) is 89.3 Å². The van der Waals surface area contributed by atoms with Gasteiger partial charge < -0.3 is 25.4 Å². The topological polar surface area (TPSA) is 136 Å². The van der Waals surface area contributed by atoms with Crippen LogP contribution in [0.4, 0.5) is 5.69 Å². The minimum absolute atomic E-state index is 0.00135. The Labute approximate surface area is 220 Å². The summed E-state index contributed by atoms with van der Waals surface area (Å²) < 4.78 is 12.2. The van der Waals surface area contributed by atoms with Crippen molar-refractivity contribution in [1.82, 2.24) is 0 Å². The Morgan fingerprint density at radius 1 is 0.842 bits per heavy atom. The molecule has 4 N–H and O–H groups in total. The van der Waals surface area contributed by atoms with E-state index in [2.05, 4.69) is 0 Å². The molecule has 0 aromatic heterocycles. The van der Waals surface area contributed by atoms with Gasteiger partial charge in [0.25, 0.3) is 0 Å². The van der Waals surface area contributed by atoms with Gasteiger partial charge in [-0.05, 0) is 24.3 Å². The normalized spacial score (nSPS) is 17.8. The molecule has 0 aliphatic carbocycles. The second kappa shape index (κ2) is 7.84. The number of carbonyl (C=O) groups excluding carboxylic acids is 3. The number of hydrogen-bond donors (Lipinski definition) is 3. The van der Waals surface area contributed by atoms with Gasteiger partial charge in [-0.1, -0.05) is 53.7 Å². The van der Waals surface area contributed by atoms with Crippen LogP contribution in [0.25, 0.3) is 0 Å². The molecule has 2 aliphatic heterocycles. The number of aromatic hydroxyl groups is 2. The molecule has 0 saturated heterocycles. The number of ether oxygens (including phenoxy) is 2. The van der Waals surface area contributed by atoms with Crippen LogP contribution in [-0.2, 0) is 10.3 Å². The number of fused-ring (bicyclic) bond motifs is 6. The highest BCUT2D eigenvalue weighted by Gasteiger charge is 2.56. The van der Waals surface area contributed by atoms with E-state index >= 15 is 0 Å². The SMILES string of the molecule is CC(C)(C)C(=O)c1ccc2c(c1C(=O)C(C)(C)C)C(=O)OC21c2ccc(O)cc2Oc2c1ccc(O)c2N. The summed E-state index contributed by atoms with van der Waals surface area (Å²) in [4.78, 5) is 41.2. The largest absolute Gasteiger partial charge is 0.508 e. The summed E-state index contributed by atoms with van der Waals surface area (Å²) in [5, 5.41) is 20.5. The van der Waals surface area contributed by atoms with Gasteiger partial charge in [0.2, 0.25) is 0 Å². The number of anilines is 1. The lowest BCUT2D eigenvalue weighted by Crippen LogP contribution is -2.33. The molecule has 3 aromatic rings. The molecule has 196 valence electrons. The lowest BCUT2D eigenvalue weighted by atomic mass is 9.73. The highest BCUT2D eigenvalue weighted by Crippen LogP contribution is 2.59. The zero-order valence-electron chi connectivity index (χ0n) is 22.1. The Balaban J connectivity index is 1.93. The van der Waals surface area contributed by atoms with Gasteiger partial charge in [-0.3, -0.25) is 9.59 Å². The molecule has 1 unspecified atom stereocenters. The summed E-state index contributed by atoms with van der Waals surface area (Å²) in [6, 6.07) is 10.4. The number of ketones is 2. The van der Waals surface area contributed by atoms with Crippen molar-refractivity contribution in [1.29, 1.82) is 0 Å². The minimum Gasteiger partial charge on any atom is -0.508 e. The second-order valence-corrected chi connectivity index (χ2v) is 11.8. The third-order valence-electron chi connectivity index (χ3n) is 6.98. The maximum atomic E-state index is 13.9. The third kappa shape index (κ3) is 3.40. The van der Waals surface area contributed by atoms with Crippen molar-refractivity contribution in [3.63, 3.8) is 0 Å². The molecule has 38 heavy (non-hydrogen) atoms. The molecule has 2 aliphatic rings. The summed E-state index contributed by atoms with van der Waals surface area (Å²) in [7, 11) is 0. The van der Waals surface area contributed by atoms with Crippen LogP contribution < -0.4 is 10.5 Å². The smallest absolute Gasteiger partial charge is 0.340 e. The van der Waals surface area contributed by atoms with Crippen LogP contribution in [0.3, 0.4) is 0 Å². The lowest BCUT2D eigenvalue weighted by Gasteiger charge is -2.37. The number of carbonyl (C=O) groups is 3. The van der Waals surface area contributed by atoms with Gasteiger partial charge in [-0.15, -0.1) is 0 Å². The number of phenolic OH excluding ortho intramolecular Hbond substituents is 2. The van der Waals surface area contributed by atoms with Crippen LogP contribution >= 0.6 is 0 Å². The second-order valence-electron chi connectivity index (χ2n) is 11.8. The first-order valence-electron chi connectivity index (χ1n) is 12.2. The maximum absolute atomic E-state index is 13.9. The third-order valence-corrected chi connectivity index (χ3v) is 6.98. The van der Waals surface area contributed by atoms with Gasteiger partial charge in [0.1, 0.15) is 22.9 Å². The molecule has 5 rings (SSSR count). The maximum Gasteiger partial charge on any atom is 0.340 e. The molecule has 0 fully saturated rings. The van der Waals surface area contributed by atoms with Gasteiger partial charge in [0.05, 0.1) is 11.1 Å². The molecular formula is C30H29NO7. The number of hydrogen-bond acceptors (Lipinski definition) is 8. The summed E-state index contributed by atoms with van der Waals surface area (Å²) in [6.45, 7) is 10.4. The molecule has 1 spiro atoms. The summed E-state index contributed by atoms with van der Waals surface area (Å²) in [6.07, 6.45) is 0. The molecule has 3 aromatic carbocycles. The zero-order chi connectivity index (χ0) is 27.9. The van der Waals surface area contributed by atoms with E-state index in [0.717, 1.165) is 0 Å². The summed E-state index contributed by atoms with van der Waals surface area (Å²) >= 11 is 0. The predicted octanol–water partition coefficient (Wildman–Crippen LogP) is 5.71. The number of nitrogens with two attached hydrogens (primary N) is 1. The number of Topliss-reactive ketones (excluding diaryl/α,β-unsaturated/α-hetero) is 2. The fraction of sp³-hybridized carbons (Fsp3) is 0.300. The quantitative estimate of drug-likeness (QED) is 0.171. The highest BCUT2D eigenvalue weighted by molar-refractivity contribution is 6.18. The van der Waals surface area contributed by atoms with Crippen molar-refractivity contribution in [2.45, 2.75) is 47.1 Å². The highest BCUT2D eigenvalue weighted by atomic mass is 16.6. The van der Waals surface area contributed by atoms with Crippen molar-refractivity contribution < 1.29 is 34.1 Å². The summed E-state index contributed by atoms with van der Waals surface area (Å²) in [5.74, 6) is -1.55. The Morgan fingerprint density at radius 2 is 1.45 bits per heavy atom. The first-order valence-corrected chi connectivity index (χ1v) is 12.2. The van der Waals surface area contributed by atoms with E-state index in [1.807, 2.05) is 0 Å². The van der Waals surface area contributed by atoms with E-state index in [9.17, 15) is 24.6 Å². The molecular weight excluding hydrogens is 486 g/mol. The van der Waals surface area contributed by atoms with Crippen LogP contribution in [0.5, 0.6) is 23.0 Å². The Kier molecular flexibility index (Phi) is 5.22. The van der Waals surface area contributed by atoms with Crippen molar-refractivity contribution in [2.24, 2.45) is 10.8 Å². The van der Waals surface area contributed by atoms with Gasteiger partial charge >= 0.3 is 5.97 Å². The van der Waals surface area contributed by atoms with Crippen molar-refractivity contribution >= 4 is 23.2 Å². The van der Waals surface area contributed by atoms with Crippen molar-refractivity contribution in [3.8, 4) is 23.0 Å². The average Bonchev–Trinajstić information content (AvgIpc) is 3.11. The minimum atomic E-state index is -1.61. The van der Waals surface area contributed by atoms with Crippen LogP contribution in [0, 0.1) is 10.8 Å². The van der Waals surface area contributed by atoms with E-state index in [1.54, 1.807) is 65.8 Å². The molecule has 8 heteroatoms. The van der Waals surface area contributed by atoms with E-state index in [1.165, 1.54) is 18.2 Å². The van der Waals surface area contributed by atoms with Gasteiger partial charge in [-0.25, -0.2) is 4.79 Å².